The van der Waals surface area contributed by atoms with E-state index >= 15 is 0 Å². The lowest BCUT2D eigenvalue weighted by Crippen LogP contribution is -2.32. The molecule has 0 fully saturated rings. The number of rotatable bonds is 7. The Morgan fingerprint density at radius 3 is 2.41 bits per heavy atom. The Kier molecular flexibility index (Phi) is 5.88. The largest absolute Gasteiger partial charge is 0.457 e. The number of para-hydroxylation sites is 1. The second kappa shape index (κ2) is 8.51. The lowest BCUT2D eigenvalue weighted by Gasteiger charge is -2.17. The normalized spacial score (nSPS) is 11.8. The molecule has 6 nitrogen and oxygen atoms in total. The van der Waals surface area contributed by atoms with Gasteiger partial charge < -0.3 is 15.2 Å². The Morgan fingerprint density at radius 1 is 1.15 bits per heavy atom. The third kappa shape index (κ3) is 4.54. The predicted octanol–water partition coefficient (Wildman–Crippen LogP) is 3.24. The van der Waals surface area contributed by atoms with Gasteiger partial charge in [-0.3, -0.25) is 9.48 Å². The van der Waals surface area contributed by atoms with Crippen LogP contribution in [0.5, 0.6) is 11.5 Å². The quantitative estimate of drug-likeness (QED) is 0.674. The Hall–Kier alpha value is -3.12. The number of aliphatic hydroxyl groups is 1. The molecule has 2 aromatic carbocycles. The molecular formula is C21H23N3O3. The first kappa shape index (κ1) is 18.7. The summed E-state index contributed by atoms with van der Waals surface area (Å²) in [4.78, 5) is 12.5. The van der Waals surface area contributed by atoms with Crippen LogP contribution < -0.4 is 10.1 Å². The van der Waals surface area contributed by atoms with Gasteiger partial charge in [-0.15, -0.1) is 0 Å². The van der Waals surface area contributed by atoms with E-state index in [1.807, 2.05) is 61.5 Å². The fourth-order valence-corrected chi connectivity index (χ4v) is 2.77. The fraction of sp³-hybridized carbons (Fsp3) is 0.238. The highest BCUT2D eigenvalue weighted by molar-refractivity contribution is 5.93. The van der Waals surface area contributed by atoms with E-state index in [-0.39, 0.29) is 12.5 Å². The van der Waals surface area contributed by atoms with Crippen molar-refractivity contribution in [3.8, 4) is 11.5 Å². The van der Waals surface area contributed by atoms with E-state index in [9.17, 15) is 9.90 Å². The first-order chi connectivity index (χ1) is 13.1. The Bertz CT molecular complexity index is 889. The molecule has 1 aromatic heterocycles. The summed E-state index contributed by atoms with van der Waals surface area (Å²) in [7, 11) is 1.73. The van der Waals surface area contributed by atoms with Gasteiger partial charge in [0.2, 0.25) is 0 Å². The van der Waals surface area contributed by atoms with Gasteiger partial charge in [-0.1, -0.05) is 37.3 Å². The van der Waals surface area contributed by atoms with E-state index in [0.29, 0.717) is 11.4 Å². The van der Waals surface area contributed by atoms with Crippen LogP contribution in [0.15, 0.2) is 60.7 Å². The highest BCUT2D eigenvalue weighted by Crippen LogP contribution is 2.23. The summed E-state index contributed by atoms with van der Waals surface area (Å²) in [5.41, 5.74) is 2.11. The van der Waals surface area contributed by atoms with Crippen molar-refractivity contribution in [3.05, 3.63) is 77.6 Å². The number of carbonyl (C=O) groups excluding carboxylic acids is 1. The highest BCUT2D eigenvalue weighted by atomic mass is 16.5. The maximum atomic E-state index is 12.5. The van der Waals surface area contributed by atoms with Crippen LogP contribution in [0.4, 0.5) is 0 Å². The number of nitrogens with zero attached hydrogens (tertiary/aromatic N) is 2. The van der Waals surface area contributed by atoms with Crippen molar-refractivity contribution in [2.24, 2.45) is 7.05 Å². The van der Waals surface area contributed by atoms with E-state index < -0.39 is 6.04 Å². The van der Waals surface area contributed by atoms with Gasteiger partial charge in [-0.05, 0) is 42.3 Å². The highest BCUT2D eigenvalue weighted by Gasteiger charge is 2.18. The third-order valence-corrected chi connectivity index (χ3v) is 4.27. The van der Waals surface area contributed by atoms with Gasteiger partial charge in [0.25, 0.3) is 5.91 Å². The Balaban J connectivity index is 1.69. The number of aryl methyl sites for hydroxylation is 2. The molecule has 6 heteroatoms. The van der Waals surface area contributed by atoms with Gasteiger partial charge in [0.15, 0.2) is 0 Å². The van der Waals surface area contributed by atoms with Gasteiger partial charge in [0.1, 0.15) is 17.2 Å². The number of carbonyl (C=O) groups is 1. The summed E-state index contributed by atoms with van der Waals surface area (Å²) in [6, 6.07) is 18.0. The molecule has 1 heterocycles. The minimum Gasteiger partial charge on any atom is -0.457 e. The number of aromatic nitrogens is 2. The van der Waals surface area contributed by atoms with Crippen LogP contribution in [0, 0.1) is 0 Å². The van der Waals surface area contributed by atoms with E-state index in [0.717, 1.165) is 23.4 Å². The van der Waals surface area contributed by atoms with Crippen LogP contribution in [0.1, 0.15) is 34.7 Å². The molecule has 0 bridgehead atoms. The molecule has 3 rings (SSSR count). The lowest BCUT2D eigenvalue weighted by atomic mass is 10.1. The molecule has 0 saturated carbocycles. The molecule has 3 aromatic rings. The SMILES string of the molecule is CCc1cc(C(=O)NC(CO)c2ccc(Oc3ccccc3)cc2)n(C)n1. The lowest BCUT2D eigenvalue weighted by molar-refractivity contribution is 0.0906. The van der Waals surface area contributed by atoms with Crippen molar-refractivity contribution in [1.29, 1.82) is 0 Å². The topological polar surface area (TPSA) is 76.4 Å². The van der Waals surface area contributed by atoms with Crippen molar-refractivity contribution in [2.75, 3.05) is 6.61 Å². The molecular weight excluding hydrogens is 342 g/mol. The van der Waals surface area contributed by atoms with Gasteiger partial charge in [0.05, 0.1) is 18.3 Å². The maximum Gasteiger partial charge on any atom is 0.270 e. The number of ether oxygens (including phenoxy) is 1. The number of nitrogens with one attached hydrogen (secondary N) is 1. The summed E-state index contributed by atoms with van der Waals surface area (Å²) in [5, 5.41) is 16.9. The summed E-state index contributed by atoms with van der Waals surface area (Å²) in [5.74, 6) is 1.17. The molecule has 0 aliphatic carbocycles. The molecule has 2 N–H and O–H groups in total. The zero-order valence-corrected chi connectivity index (χ0v) is 15.4. The molecule has 140 valence electrons. The number of aliphatic hydroxyl groups excluding tert-OH is 1. The van der Waals surface area contributed by atoms with E-state index in [2.05, 4.69) is 10.4 Å². The number of amides is 1. The van der Waals surface area contributed by atoms with Crippen LogP contribution >= 0.6 is 0 Å². The van der Waals surface area contributed by atoms with Crippen molar-refractivity contribution in [3.63, 3.8) is 0 Å². The first-order valence-corrected chi connectivity index (χ1v) is 8.88. The second-order valence-electron chi connectivity index (χ2n) is 6.19. The van der Waals surface area contributed by atoms with Crippen LogP contribution in [0.25, 0.3) is 0 Å². The molecule has 27 heavy (non-hydrogen) atoms. The van der Waals surface area contributed by atoms with Crippen LogP contribution in [-0.4, -0.2) is 27.4 Å². The third-order valence-electron chi connectivity index (χ3n) is 4.27. The van der Waals surface area contributed by atoms with Gasteiger partial charge in [-0.25, -0.2) is 0 Å². The minimum absolute atomic E-state index is 0.205. The predicted molar refractivity (Wildman–Crippen MR) is 103 cm³/mol. The average molecular weight is 365 g/mol. The number of hydrogen-bond acceptors (Lipinski definition) is 4. The molecule has 0 aliphatic heterocycles. The molecule has 0 spiro atoms. The summed E-state index contributed by atoms with van der Waals surface area (Å²) in [6.07, 6.45) is 0.757. The molecule has 1 unspecified atom stereocenters. The van der Waals surface area contributed by atoms with Gasteiger partial charge in [0, 0.05) is 7.05 Å². The molecule has 0 saturated heterocycles. The van der Waals surface area contributed by atoms with Crippen LogP contribution in [0.3, 0.4) is 0 Å². The van der Waals surface area contributed by atoms with Crippen LogP contribution in [0.2, 0.25) is 0 Å². The fourth-order valence-electron chi connectivity index (χ4n) is 2.77. The Morgan fingerprint density at radius 2 is 1.81 bits per heavy atom. The number of benzene rings is 2. The summed E-state index contributed by atoms with van der Waals surface area (Å²) in [6.45, 7) is 1.78. The minimum atomic E-state index is -0.511. The first-order valence-electron chi connectivity index (χ1n) is 8.88. The smallest absolute Gasteiger partial charge is 0.270 e. The van der Waals surface area contributed by atoms with Gasteiger partial charge in [-0.2, -0.15) is 5.10 Å². The molecule has 1 amide bonds. The summed E-state index contributed by atoms with van der Waals surface area (Å²) >= 11 is 0. The van der Waals surface area contributed by atoms with Crippen molar-refractivity contribution >= 4 is 5.91 Å². The van der Waals surface area contributed by atoms with Crippen LogP contribution in [-0.2, 0) is 13.5 Å². The van der Waals surface area contributed by atoms with E-state index in [1.54, 1.807) is 17.8 Å². The van der Waals surface area contributed by atoms with E-state index in [4.69, 9.17) is 4.74 Å². The molecule has 0 aliphatic rings. The maximum absolute atomic E-state index is 12.5. The van der Waals surface area contributed by atoms with E-state index in [1.165, 1.54) is 0 Å². The zero-order valence-electron chi connectivity index (χ0n) is 15.4. The molecule has 1 atom stereocenters. The Labute approximate surface area is 158 Å². The van der Waals surface area contributed by atoms with Crippen molar-refractivity contribution in [2.45, 2.75) is 19.4 Å². The number of hydrogen-bond donors (Lipinski definition) is 2. The van der Waals surface area contributed by atoms with Crippen molar-refractivity contribution in [1.82, 2.24) is 15.1 Å². The summed E-state index contributed by atoms with van der Waals surface area (Å²) < 4.78 is 7.32. The monoisotopic (exact) mass is 365 g/mol. The average Bonchev–Trinajstić information content (AvgIpc) is 3.08. The molecule has 0 radical (unpaired) electrons. The standard InChI is InChI=1S/C21H23N3O3/c1-3-16-13-20(24(2)23-16)21(26)22-19(14-25)15-9-11-18(12-10-15)27-17-7-5-4-6-8-17/h4-13,19,25H,3,14H2,1-2H3,(H,22,26). The second-order valence-corrected chi connectivity index (χ2v) is 6.19. The van der Waals surface area contributed by atoms with Crippen molar-refractivity contribution < 1.29 is 14.6 Å². The van der Waals surface area contributed by atoms with Gasteiger partial charge >= 0.3 is 0 Å². The zero-order chi connectivity index (χ0) is 19.2.